The first kappa shape index (κ1) is 11.1. The number of piperidine rings is 1. The third-order valence-corrected chi connectivity index (χ3v) is 2.80. The Bertz CT molecular complexity index is 375. The van der Waals surface area contributed by atoms with Crippen molar-refractivity contribution >= 4 is 11.6 Å². The molecule has 4 heteroatoms. The van der Waals surface area contributed by atoms with Crippen LogP contribution in [0, 0.1) is 11.7 Å². The van der Waals surface area contributed by atoms with Crippen molar-refractivity contribution in [2.45, 2.75) is 12.8 Å². The predicted octanol–water partition coefficient (Wildman–Crippen LogP) is 1.76. The normalized spacial score (nSPS) is 17.1. The van der Waals surface area contributed by atoms with E-state index in [2.05, 4.69) is 10.6 Å². The van der Waals surface area contributed by atoms with Gasteiger partial charge >= 0.3 is 0 Å². The summed E-state index contributed by atoms with van der Waals surface area (Å²) in [6, 6.07) is 5.98. The molecule has 1 aliphatic heterocycles. The number of halogens is 1. The van der Waals surface area contributed by atoms with Crippen LogP contribution in [-0.2, 0) is 4.79 Å². The van der Waals surface area contributed by atoms with Crippen molar-refractivity contribution < 1.29 is 9.18 Å². The van der Waals surface area contributed by atoms with Crippen LogP contribution in [-0.4, -0.2) is 19.0 Å². The Morgan fingerprint density at radius 1 is 1.38 bits per heavy atom. The number of rotatable bonds is 2. The predicted molar refractivity (Wildman–Crippen MR) is 60.6 cm³/mol. The van der Waals surface area contributed by atoms with Gasteiger partial charge < -0.3 is 10.6 Å². The topological polar surface area (TPSA) is 41.1 Å². The first-order chi connectivity index (χ1) is 7.75. The highest BCUT2D eigenvalue weighted by molar-refractivity contribution is 5.92. The van der Waals surface area contributed by atoms with Crippen LogP contribution in [0.25, 0.3) is 0 Å². The van der Waals surface area contributed by atoms with Crippen LogP contribution in [0.1, 0.15) is 12.8 Å². The van der Waals surface area contributed by atoms with E-state index >= 15 is 0 Å². The Hall–Kier alpha value is -1.42. The minimum atomic E-state index is -0.330. The van der Waals surface area contributed by atoms with Crippen LogP contribution in [0.2, 0.25) is 0 Å². The molecule has 1 amide bonds. The van der Waals surface area contributed by atoms with Crippen LogP contribution < -0.4 is 10.6 Å². The number of hydrogen-bond donors (Lipinski definition) is 2. The summed E-state index contributed by atoms with van der Waals surface area (Å²) in [6.45, 7) is 1.75. The van der Waals surface area contributed by atoms with Gasteiger partial charge in [0.05, 0.1) is 0 Å². The smallest absolute Gasteiger partial charge is 0.227 e. The second-order valence-electron chi connectivity index (χ2n) is 4.02. The molecule has 1 saturated heterocycles. The molecular weight excluding hydrogens is 207 g/mol. The molecule has 0 aromatic heterocycles. The molecule has 16 heavy (non-hydrogen) atoms. The molecule has 0 bridgehead atoms. The fraction of sp³-hybridized carbons (Fsp3) is 0.417. The van der Waals surface area contributed by atoms with Gasteiger partial charge in [0.1, 0.15) is 5.82 Å². The molecule has 1 heterocycles. The molecule has 3 nitrogen and oxygen atoms in total. The number of benzene rings is 1. The molecule has 1 aromatic rings. The molecule has 0 spiro atoms. The largest absolute Gasteiger partial charge is 0.326 e. The lowest BCUT2D eigenvalue weighted by Gasteiger charge is -2.21. The summed E-state index contributed by atoms with van der Waals surface area (Å²) < 4.78 is 12.9. The van der Waals surface area contributed by atoms with Crippen molar-refractivity contribution in [2.75, 3.05) is 18.4 Å². The van der Waals surface area contributed by atoms with Crippen molar-refractivity contribution in [2.24, 2.45) is 5.92 Å². The van der Waals surface area contributed by atoms with Crippen LogP contribution in [0.3, 0.4) is 0 Å². The number of anilines is 1. The maximum atomic E-state index is 12.9. The number of carbonyl (C=O) groups is 1. The van der Waals surface area contributed by atoms with Crippen LogP contribution in [0.15, 0.2) is 24.3 Å². The van der Waals surface area contributed by atoms with Crippen molar-refractivity contribution in [1.82, 2.24) is 5.32 Å². The number of nitrogens with one attached hydrogen (secondary N) is 2. The molecule has 2 N–H and O–H groups in total. The lowest BCUT2D eigenvalue weighted by molar-refractivity contribution is -0.120. The maximum Gasteiger partial charge on any atom is 0.227 e. The van der Waals surface area contributed by atoms with Gasteiger partial charge in [-0.2, -0.15) is 0 Å². The molecule has 1 aliphatic rings. The summed E-state index contributed by atoms with van der Waals surface area (Å²) >= 11 is 0. The number of hydrogen-bond acceptors (Lipinski definition) is 2. The minimum Gasteiger partial charge on any atom is -0.326 e. The van der Waals surface area contributed by atoms with Crippen molar-refractivity contribution in [1.29, 1.82) is 0 Å². The number of carbonyl (C=O) groups excluding carboxylic acids is 1. The third kappa shape index (κ3) is 2.79. The van der Waals surface area contributed by atoms with Gasteiger partial charge in [0.2, 0.25) is 5.91 Å². The summed E-state index contributed by atoms with van der Waals surface area (Å²) in [5.74, 6) is -0.292. The van der Waals surface area contributed by atoms with Gasteiger partial charge in [0.15, 0.2) is 0 Å². The summed E-state index contributed by atoms with van der Waals surface area (Å²) in [6.07, 6.45) is 1.70. The summed E-state index contributed by atoms with van der Waals surface area (Å²) in [5, 5.41) is 5.95. The van der Waals surface area contributed by atoms with E-state index in [9.17, 15) is 9.18 Å². The molecule has 86 valence electrons. The molecule has 0 saturated carbocycles. The Morgan fingerprint density at radius 2 is 2.12 bits per heavy atom. The molecule has 0 unspecified atom stereocenters. The van der Waals surface area contributed by atoms with E-state index in [0.717, 1.165) is 25.9 Å². The fourth-order valence-electron chi connectivity index (χ4n) is 1.89. The molecule has 1 fully saturated rings. The summed E-state index contributed by atoms with van der Waals surface area (Å²) in [7, 11) is 0. The monoisotopic (exact) mass is 222 g/mol. The molecule has 0 aliphatic carbocycles. The molecule has 0 radical (unpaired) electrons. The fourth-order valence-corrected chi connectivity index (χ4v) is 1.89. The van der Waals surface area contributed by atoms with Gasteiger partial charge in [-0.3, -0.25) is 4.79 Å². The lowest BCUT2D eigenvalue weighted by Crippen LogP contribution is -2.34. The zero-order valence-corrected chi connectivity index (χ0v) is 9.00. The van der Waals surface area contributed by atoms with Gasteiger partial charge in [0, 0.05) is 11.6 Å². The van der Waals surface area contributed by atoms with Gasteiger partial charge in [0.25, 0.3) is 0 Å². The minimum absolute atomic E-state index is 0.00731. The van der Waals surface area contributed by atoms with Crippen molar-refractivity contribution in [3.05, 3.63) is 30.1 Å². The first-order valence-corrected chi connectivity index (χ1v) is 5.53. The van der Waals surface area contributed by atoms with E-state index < -0.39 is 0 Å². The molecule has 1 aromatic carbocycles. The summed E-state index contributed by atoms with van der Waals surface area (Å²) in [4.78, 5) is 11.8. The highest BCUT2D eigenvalue weighted by Gasteiger charge is 2.20. The quantitative estimate of drug-likeness (QED) is 0.800. The van der Waals surface area contributed by atoms with E-state index in [1.165, 1.54) is 12.1 Å². The van der Waals surface area contributed by atoms with E-state index in [4.69, 9.17) is 0 Å². The number of amides is 1. The SMILES string of the molecule is O=C(Nc1cccc(F)c1)C1CCNCC1. The van der Waals surface area contributed by atoms with E-state index in [1.54, 1.807) is 12.1 Å². The molecular formula is C12H15FN2O. The average molecular weight is 222 g/mol. The van der Waals surface area contributed by atoms with Crippen LogP contribution >= 0.6 is 0 Å². The summed E-state index contributed by atoms with van der Waals surface area (Å²) in [5.41, 5.74) is 0.531. The van der Waals surface area contributed by atoms with E-state index in [1.807, 2.05) is 0 Å². The first-order valence-electron chi connectivity index (χ1n) is 5.53. The zero-order chi connectivity index (χ0) is 11.4. The highest BCUT2D eigenvalue weighted by atomic mass is 19.1. The van der Waals surface area contributed by atoms with Gasteiger partial charge in [-0.05, 0) is 44.1 Å². The molecule has 0 atom stereocenters. The van der Waals surface area contributed by atoms with Gasteiger partial charge in [-0.25, -0.2) is 4.39 Å². The van der Waals surface area contributed by atoms with E-state index in [0.29, 0.717) is 5.69 Å². The second kappa shape index (κ2) is 5.07. The van der Waals surface area contributed by atoms with Gasteiger partial charge in [-0.15, -0.1) is 0 Å². The Labute approximate surface area is 94.0 Å². The third-order valence-electron chi connectivity index (χ3n) is 2.80. The lowest BCUT2D eigenvalue weighted by atomic mass is 9.97. The molecule has 2 rings (SSSR count). The van der Waals surface area contributed by atoms with Crippen LogP contribution in [0.5, 0.6) is 0 Å². The van der Waals surface area contributed by atoms with Gasteiger partial charge in [-0.1, -0.05) is 6.07 Å². The Kier molecular flexibility index (Phi) is 3.51. The Morgan fingerprint density at radius 3 is 2.81 bits per heavy atom. The Balaban J connectivity index is 1.96. The standard InChI is InChI=1S/C12H15FN2O/c13-10-2-1-3-11(8-10)15-12(16)9-4-6-14-7-5-9/h1-3,8-9,14H,4-7H2,(H,15,16). The van der Waals surface area contributed by atoms with Crippen LogP contribution in [0.4, 0.5) is 10.1 Å². The average Bonchev–Trinajstić information content (AvgIpc) is 2.30. The zero-order valence-electron chi connectivity index (χ0n) is 9.00. The highest BCUT2D eigenvalue weighted by Crippen LogP contribution is 2.16. The van der Waals surface area contributed by atoms with E-state index in [-0.39, 0.29) is 17.6 Å². The second-order valence-corrected chi connectivity index (χ2v) is 4.02. The van der Waals surface area contributed by atoms with Crippen molar-refractivity contribution in [3.63, 3.8) is 0 Å². The maximum absolute atomic E-state index is 12.9. The van der Waals surface area contributed by atoms with Crippen molar-refractivity contribution in [3.8, 4) is 0 Å².